The van der Waals surface area contributed by atoms with Gasteiger partial charge in [-0.05, 0) is 49.9 Å². The molecule has 114 valence electrons. The van der Waals surface area contributed by atoms with Gasteiger partial charge in [0.2, 0.25) is 0 Å². The molecule has 0 saturated heterocycles. The van der Waals surface area contributed by atoms with Gasteiger partial charge in [-0.25, -0.2) is 0 Å². The summed E-state index contributed by atoms with van der Waals surface area (Å²) in [5, 5.41) is 5.23. The summed E-state index contributed by atoms with van der Waals surface area (Å²) in [6, 6.07) is 13.0. The zero-order valence-electron chi connectivity index (χ0n) is 12.8. The average molecular weight is 314 g/mol. The van der Waals surface area contributed by atoms with Crippen LogP contribution in [0, 0.1) is 13.8 Å². The number of anilines is 2. The molecular weight excluding hydrogens is 296 g/mol. The van der Waals surface area contributed by atoms with E-state index in [0.29, 0.717) is 11.4 Å². The molecule has 2 amide bonds. The van der Waals surface area contributed by atoms with Crippen molar-refractivity contribution in [3.8, 4) is 0 Å². The number of hydrogen-bond acceptors (Lipinski definition) is 3. The van der Waals surface area contributed by atoms with Crippen LogP contribution in [-0.4, -0.2) is 18.1 Å². The molecule has 0 spiro atoms. The summed E-state index contributed by atoms with van der Waals surface area (Å²) in [6.45, 7) is 3.87. The minimum absolute atomic E-state index is 0.604. The van der Waals surface area contributed by atoms with Crippen LogP contribution in [0.2, 0.25) is 0 Å². The number of carbonyl (C=O) groups is 2. The Kier molecular flexibility index (Phi) is 5.22. The van der Waals surface area contributed by atoms with Gasteiger partial charge in [-0.2, -0.15) is 0 Å². The molecule has 0 heterocycles. The highest BCUT2D eigenvalue weighted by Crippen LogP contribution is 2.19. The summed E-state index contributed by atoms with van der Waals surface area (Å²) in [5.74, 6) is -1.36. The first-order chi connectivity index (χ1) is 10.5. The fourth-order valence-corrected chi connectivity index (χ4v) is 2.48. The lowest BCUT2D eigenvalue weighted by Gasteiger charge is -2.10. The Bertz CT molecular complexity index is 714. The fraction of sp³-hybridized carbons (Fsp3) is 0.176. The van der Waals surface area contributed by atoms with Crippen LogP contribution in [0.3, 0.4) is 0 Å². The van der Waals surface area contributed by atoms with Gasteiger partial charge in [0, 0.05) is 16.3 Å². The highest BCUT2D eigenvalue weighted by atomic mass is 32.2. The molecule has 2 aromatic rings. The maximum absolute atomic E-state index is 12.0. The lowest BCUT2D eigenvalue weighted by atomic mass is 10.1. The van der Waals surface area contributed by atoms with Crippen molar-refractivity contribution in [2.45, 2.75) is 18.7 Å². The molecule has 0 aliphatic heterocycles. The Labute approximate surface area is 134 Å². The predicted octanol–water partition coefficient (Wildman–Crippen LogP) is 3.60. The number of carbonyl (C=O) groups excluding carboxylic acids is 2. The second-order valence-corrected chi connectivity index (χ2v) is 5.84. The molecule has 0 aliphatic rings. The summed E-state index contributed by atoms with van der Waals surface area (Å²) in [4.78, 5) is 25.0. The number of hydrogen-bond donors (Lipinski definition) is 2. The lowest BCUT2D eigenvalue weighted by Crippen LogP contribution is -2.29. The molecule has 0 aliphatic carbocycles. The Hall–Kier alpha value is -2.27. The van der Waals surface area contributed by atoms with E-state index in [9.17, 15) is 9.59 Å². The average Bonchev–Trinajstić information content (AvgIpc) is 2.50. The van der Waals surface area contributed by atoms with E-state index < -0.39 is 11.8 Å². The van der Waals surface area contributed by atoms with Crippen LogP contribution in [0.4, 0.5) is 11.4 Å². The standard InChI is InChI=1S/C17H18N2O2S/c1-11-7-8-15(12(2)9-11)19-17(21)16(20)18-13-5-4-6-14(10-13)22-3/h4-10H,1-3H3,(H,18,20)(H,19,21). The Balaban J connectivity index is 2.04. The molecule has 0 bridgehead atoms. The topological polar surface area (TPSA) is 58.2 Å². The van der Waals surface area contributed by atoms with Crippen molar-refractivity contribution >= 4 is 35.0 Å². The number of amides is 2. The van der Waals surface area contributed by atoms with Crippen molar-refractivity contribution in [1.82, 2.24) is 0 Å². The fourth-order valence-electron chi connectivity index (χ4n) is 2.02. The van der Waals surface area contributed by atoms with Crippen molar-refractivity contribution in [3.63, 3.8) is 0 Å². The minimum atomic E-state index is -0.682. The number of nitrogens with one attached hydrogen (secondary N) is 2. The Morgan fingerprint density at radius 1 is 0.955 bits per heavy atom. The Morgan fingerprint density at radius 3 is 2.36 bits per heavy atom. The van der Waals surface area contributed by atoms with Gasteiger partial charge in [-0.15, -0.1) is 11.8 Å². The van der Waals surface area contributed by atoms with Crippen LogP contribution in [0.15, 0.2) is 47.4 Å². The molecule has 2 rings (SSSR count). The molecular formula is C17H18N2O2S. The summed E-state index contributed by atoms with van der Waals surface area (Å²) >= 11 is 1.57. The molecule has 0 fully saturated rings. The van der Waals surface area contributed by atoms with Gasteiger partial charge >= 0.3 is 11.8 Å². The summed E-state index contributed by atoms with van der Waals surface area (Å²) in [7, 11) is 0. The van der Waals surface area contributed by atoms with Gasteiger partial charge in [0.05, 0.1) is 0 Å². The molecule has 0 radical (unpaired) electrons. The predicted molar refractivity (Wildman–Crippen MR) is 91.4 cm³/mol. The number of thioether (sulfide) groups is 1. The van der Waals surface area contributed by atoms with Gasteiger partial charge in [-0.3, -0.25) is 9.59 Å². The van der Waals surface area contributed by atoms with Gasteiger partial charge in [0.25, 0.3) is 0 Å². The normalized spacial score (nSPS) is 10.1. The summed E-state index contributed by atoms with van der Waals surface area (Å²) < 4.78 is 0. The Morgan fingerprint density at radius 2 is 1.68 bits per heavy atom. The largest absolute Gasteiger partial charge is 0.318 e. The van der Waals surface area contributed by atoms with Crippen LogP contribution < -0.4 is 10.6 Å². The first-order valence-electron chi connectivity index (χ1n) is 6.83. The third-order valence-electron chi connectivity index (χ3n) is 3.16. The maximum Gasteiger partial charge on any atom is 0.314 e. The van der Waals surface area contributed by atoms with Crippen molar-refractivity contribution in [3.05, 3.63) is 53.6 Å². The van der Waals surface area contributed by atoms with Crippen molar-refractivity contribution < 1.29 is 9.59 Å². The molecule has 0 atom stereocenters. The molecule has 4 nitrogen and oxygen atoms in total. The van der Waals surface area contributed by atoms with E-state index in [4.69, 9.17) is 0 Å². The number of rotatable bonds is 3. The molecule has 2 aromatic carbocycles. The quantitative estimate of drug-likeness (QED) is 0.672. The summed E-state index contributed by atoms with van der Waals surface area (Å²) in [5.41, 5.74) is 3.27. The highest BCUT2D eigenvalue weighted by Gasteiger charge is 2.15. The second-order valence-electron chi connectivity index (χ2n) is 4.96. The van der Waals surface area contributed by atoms with Crippen molar-refractivity contribution in [1.29, 1.82) is 0 Å². The molecule has 22 heavy (non-hydrogen) atoms. The van der Waals surface area contributed by atoms with E-state index in [1.807, 2.05) is 50.4 Å². The molecule has 0 aromatic heterocycles. The minimum Gasteiger partial charge on any atom is -0.318 e. The highest BCUT2D eigenvalue weighted by molar-refractivity contribution is 7.98. The molecule has 2 N–H and O–H groups in total. The second kappa shape index (κ2) is 7.13. The van der Waals surface area contributed by atoms with E-state index in [-0.39, 0.29) is 0 Å². The van der Waals surface area contributed by atoms with E-state index in [1.165, 1.54) is 0 Å². The molecule has 5 heteroatoms. The monoisotopic (exact) mass is 314 g/mol. The van der Waals surface area contributed by atoms with Gasteiger partial charge in [0.1, 0.15) is 0 Å². The van der Waals surface area contributed by atoms with E-state index in [0.717, 1.165) is 16.0 Å². The van der Waals surface area contributed by atoms with Crippen LogP contribution >= 0.6 is 11.8 Å². The van der Waals surface area contributed by atoms with E-state index >= 15 is 0 Å². The van der Waals surface area contributed by atoms with Crippen LogP contribution in [0.1, 0.15) is 11.1 Å². The molecule has 0 saturated carbocycles. The SMILES string of the molecule is CSc1cccc(NC(=O)C(=O)Nc2ccc(C)cc2C)c1. The van der Waals surface area contributed by atoms with Gasteiger partial charge in [-0.1, -0.05) is 23.8 Å². The first-order valence-corrected chi connectivity index (χ1v) is 8.05. The third kappa shape index (κ3) is 4.11. The van der Waals surface area contributed by atoms with Crippen LogP contribution in [-0.2, 0) is 9.59 Å². The number of benzene rings is 2. The molecule has 0 unspecified atom stereocenters. The first kappa shape index (κ1) is 16.1. The smallest absolute Gasteiger partial charge is 0.314 e. The zero-order valence-corrected chi connectivity index (χ0v) is 13.6. The van der Waals surface area contributed by atoms with Crippen molar-refractivity contribution in [2.75, 3.05) is 16.9 Å². The van der Waals surface area contributed by atoms with Gasteiger partial charge < -0.3 is 10.6 Å². The van der Waals surface area contributed by atoms with Crippen LogP contribution in [0.25, 0.3) is 0 Å². The third-order valence-corrected chi connectivity index (χ3v) is 3.89. The van der Waals surface area contributed by atoms with Crippen molar-refractivity contribution in [2.24, 2.45) is 0 Å². The number of aryl methyl sites for hydroxylation is 2. The van der Waals surface area contributed by atoms with Crippen LogP contribution in [0.5, 0.6) is 0 Å². The summed E-state index contributed by atoms with van der Waals surface area (Å²) in [6.07, 6.45) is 1.95. The van der Waals surface area contributed by atoms with E-state index in [1.54, 1.807) is 23.9 Å². The van der Waals surface area contributed by atoms with E-state index in [2.05, 4.69) is 10.6 Å². The lowest BCUT2D eigenvalue weighted by molar-refractivity contribution is -0.133. The zero-order chi connectivity index (χ0) is 16.1. The van der Waals surface area contributed by atoms with Gasteiger partial charge in [0.15, 0.2) is 0 Å². The maximum atomic E-state index is 12.0.